The molecule has 0 amide bonds. The smallest absolute Gasteiger partial charge is 0.137 e. The molecule has 0 unspecified atom stereocenters. The van der Waals surface area contributed by atoms with Crippen LogP contribution in [0, 0.1) is 20.8 Å². The molecule has 0 aliphatic heterocycles. The summed E-state index contributed by atoms with van der Waals surface area (Å²) < 4.78 is 5.92. The van der Waals surface area contributed by atoms with Gasteiger partial charge in [-0.2, -0.15) is 0 Å². The molecule has 2 aromatic carbocycles. The molecule has 0 aliphatic rings. The van der Waals surface area contributed by atoms with Crippen molar-refractivity contribution in [2.24, 2.45) is 5.73 Å². The molecule has 0 spiro atoms. The van der Waals surface area contributed by atoms with Crippen LogP contribution in [0.1, 0.15) is 27.8 Å². The van der Waals surface area contributed by atoms with Gasteiger partial charge in [0.05, 0.1) is 6.04 Å². The summed E-state index contributed by atoms with van der Waals surface area (Å²) >= 11 is 0. The maximum Gasteiger partial charge on any atom is 0.137 e. The van der Waals surface area contributed by atoms with Crippen LogP contribution in [0.15, 0.2) is 36.4 Å². The minimum atomic E-state index is -0.448. The minimum absolute atomic E-state index is 0.448. The lowest BCUT2D eigenvalue weighted by atomic mass is 9.96. The van der Waals surface area contributed by atoms with Crippen molar-refractivity contribution in [3.05, 3.63) is 64.2 Å². The number of hydrogen-bond donors (Lipinski definition) is 1. The Labute approximate surface area is 132 Å². The van der Waals surface area contributed by atoms with Crippen molar-refractivity contribution < 1.29 is 9.53 Å². The van der Waals surface area contributed by atoms with Crippen molar-refractivity contribution >= 4 is 6.29 Å². The van der Waals surface area contributed by atoms with Gasteiger partial charge in [0.25, 0.3) is 0 Å². The molecule has 2 rings (SSSR count). The van der Waals surface area contributed by atoms with Gasteiger partial charge in [0, 0.05) is 0 Å². The molecule has 2 aromatic rings. The predicted molar refractivity (Wildman–Crippen MR) is 89.2 cm³/mol. The Morgan fingerprint density at radius 1 is 1.09 bits per heavy atom. The molecule has 1 atom stereocenters. The molecule has 0 bridgehead atoms. The second-order valence-corrected chi connectivity index (χ2v) is 5.75. The van der Waals surface area contributed by atoms with E-state index in [1.807, 2.05) is 38.1 Å². The summed E-state index contributed by atoms with van der Waals surface area (Å²) in [5.41, 5.74) is 11.5. The molecular weight excluding hydrogens is 274 g/mol. The molecule has 0 saturated heterocycles. The van der Waals surface area contributed by atoms with Gasteiger partial charge in [-0.3, -0.25) is 0 Å². The first-order valence-electron chi connectivity index (χ1n) is 7.49. The standard InChI is InChI=1S/C19H23NO2/c1-13-6-4-5-7-16(13)12-22-18-8-14(2)19(15(3)9-18)10-17(20)11-21/h4-9,11,17H,10,12,20H2,1-3H3/t17-/m0/s1. The van der Waals surface area contributed by atoms with E-state index >= 15 is 0 Å². The number of carbonyl (C=O) groups excluding carboxylic acids is 1. The molecule has 2 N–H and O–H groups in total. The number of hydrogen-bond acceptors (Lipinski definition) is 3. The quantitative estimate of drug-likeness (QED) is 0.833. The fourth-order valence-corrected chi connectivity index (χ4v) is 2.58. The Morgan fingerprint density at radius 2 is 1.73 bits per heavy atom. The molecule has 0 aromatic heterocycles. The van der Waals surface area contributed by atoms with E-state index in [9.17, 15) is 4.79 Å². The van der Waals surface area contributed by atoms with Gasteiger partial charge < -0.3 is 15.3 Å². The second-order valence-electron chi connectivity index (χ2n) is 5.75. The monoisotopic (exact) mass is 297 g/mol. The van der Waals surface area contributed by atoms with Crippen LogP contribution < -0.4 is 10.5 Å². The Balaban J connectivity index is 2.13. The van der Waals surface area contributed by atoms with Gasteiger partial charge in [0.15, 0.2) is 0 Å². The van der Waals surface area contributed by atoms with Crippen molar-refractivity contribution in [2.45, 2.75) is 39.8 Å². The first kappa shape index (κ1) is 16.2. The van der Waals surface area contributed by atoms with E-state index in [1.54, 1.807) is 0 Å². The maximum absolute atomic E-state index is 10.7. The van der Waals surface area contributed by atoms with Gasteiger partial charge in [-0.15, -0.1) is 0 Å². The third-order valence-corrected chi connectivity index (χ3v) is 3.94. The Hall–Kier alpha value is -2.13. The topological polar surface area (TPSA) is 52.3 Å². The van der Waals surface area contributed by atoms with Gasteiger partial charge in [-0.05, 0) is 67.1 Å². The molecule has 0 heterocycles. The lowest BCUT2D eigenvalue weighted by molar-refractivity contribution is -0.108. The SMILES string of the molecule is Cc1ccccc1COc1cc(C)c(C[C@H](N)C=O)c(C)c1. The van der Waals surface area contributed by atoms with Gasteiger partial charge in [0.1, 0.15) is 18.6 Å². The highest BCUT2D eigenvalue weighted by Gasteiger charge is 2.10. The van der Waals surface area contributed by atoms with Gasteiger partial charge in [0.2, 0.25) is 0 Å². The normalized spacial score (nSPS) is 12.0. The molecule has 0 saturated carbocycles. The summed E-state index contributed by atoms with van der Waals surface area (Å²) in [5, 5.41) is 0. The molecule has 0 fully saturated rings. The zero-order chi connectivity index (χ0) is 16.1. The number of ether oxygens (including phenoxy) is 1. The summed E-state index contributed by atoms with van der Waals surface area (Å²) in [6.45, 7) is 6.69. The fourth-order valence-electron chi connectivity index (χ4n) is 2.58. The highest BCUT2D eigenvalue weighted by atomic mass is 16.5. The van der Waals surface area contributed by atoms with E-state index < -0.39 is 6.04 Å². The first-order chi connectivity index (χ1) is 10.5. The van der Waals surface area contributed by atoms with Crippen LogP contribution in [0.4, 0.5) is 0 Å². The van der Waals surface area contributed by atoms with Crippen molar-refractivity contribution in [2.75, 3.05) is 0 Å². The summed E-state index contributed by atoms with van der Waals surface area (Å²) in [4.78, 5) is 10.7. The molecule has 0 radical (unpaired) electrons. The zero-order valence-electron chi connectivity index (χ0n) is 13.4. The lowest BCUT2D eigenvalue weighted by Gasteiger charge is -2.15. The number of aldehydes is 1. The van der Waals surface area contributed by atoms with Crippen molar-refractivity contribution in [3.8, 4) is 5.75 Å². The van der Waals surface area contributed by atoms with Crippen molar-refractivity contribution in [1.29, 1.82) is 0 Å². The number of carbonyl (C=O) groups is 1. The van der Waals surface area contributed by atoms with E-state index in [4.69, 9.17) is 10.5 Å². The number of aryl methyl sites for hydroxylation is 3. The molecule has 3 heteroatoms. The first-order valence-corrected chi connectivity index (χ1v) is 7.49. The van der Waals surface area contributed by atoms with Crippen molar-refractivity contribution in [3.63, 3.8) is 0 Å². The van der Waals surface area contributed by atoms with Gasteiger partial charge >= 0.3 is 0 Å². The number of benzene rings is 2. The number of nitrogens with two attached hydrogens (primary N) is 1. The Kier molecular flexibility index (Phi) is 5.34. The van der Waals surface area contributed by atoms with Gasteiger partial charge in [-0.1, -0.05) is 24.3 Å². The maximum atomic E-state index is 10.7. The van der Waals surface area contributed by atoms with Crippen molar-refractivity contribution in [1.82, 2.24) is 0 Å². The van der Waals surface area contributed by atoms with Crippen LogP contribution in [0.2, 0.25) is 0 Å². The average Bonchev–Trinajstić information content (AvgIpc) is 2.50. The molecule has 22 heavy (non-hydrogen) atoms. The third-order valence-electron chi connectivity index (χ3n) is 3.94. The molecular formula is C19H23NO2. The lowest BCUT2D eigenvalue weighted by Crippen LogP contribution is -2.25. The summed E-state index contributed by atoms with van der Waals surface area (Å²) in [6, 6.07) is 11.8. The van der Waals surface area contributed by atoms with Crippen LogP contribution in [-0.2, 0) is 17.8 Å². The van der Waals surface area contributed by atoms with E-state index in [0.29, 0.717) is 13.0 Å². The van der Waals surface area contributed by atoms with E-state index in [2.05, 4.69) is 19.1 Å². The highest BCUT2D eigenvalue weighted by Crippen LogP contribution is 2.24. The van der Waals surface area contributed by atoms with Gasteiger partial charge in [-0.25, -0.2) is 0 Å². The van der Waals surface area contributed by atoms with E-state index in [0.717, 1.165) is 28.7 Å². The summed E-state index contributed by atoms with van der Waals surface area (Å²) in [7, 11) is 0. The zero-order valence-corrected chi connectivity index (χ0v) is 13.4. The average molecular weight is 297 g/mol. The highest BCUT2D eigenvalue weighted by molar-refractivity contribution is 5.58. The second kappa shape index (κ2) is 7.23. The molecule has 3 nitrogen and oxygen atoms in total. The summed E-state index contributed by atoms with van der Waals surface area (Å²) in [6.07, 6.45) is 1.36. The fraction of sp³-hybridized carbons (Fsp3) is 0.316. The van der Waals surface area contributed by atoms with Crippen LogP contribution in [0.5, 0.6) is 5.75 Å². The number of rotatable bonds is 6. The van der Waals surface area contributed by atoms with E-state index in [1.165, 1.54) is 11.1 Å². The Morgan fingerprint density at radius 3 is 2.32 bits per heavy atom. The van der Waals surface area contributed by atoms with Crippen LogP contribution in [0.25, 0.3) is 0 Å². The van der Waals surface area contributed by atoms with Crippen LogP contribution in [0.3, 0.4) is 0 Å². The molecule has 116 valence electrons. The largest absolute Gasteiger partial charge is 0.489 e. The van der Waals surface area contributed by atoms with E-state index in [-0.39, 0.29) is 0 Å². The molecule has 0 aliphatic carbocycles. The summed E-state index contributed by atoms with van der Waals surface area (Å²) in [5.74, 6) is 0.849. The predicted octanol–water partition coefficient (Wildman–Crippen LogP) is 3.26. The van der Waals surface area contributed by atoms with Crippen LogP contribution in [-0.4, -0.2) is 12.3 Å². The Bertz CT molecular complexity index is 641. The van der Waals surface area contributed by atoms with Crippen LogP contribution >= 0.6 is 0 Å². The third kappa shape index (κ3) is 3.95. The minimum Gasteiger partial charge on any atom is -0.489 e.